The van der Waals surface area contributed by atoms with Crippen LogP contribution in [0.25, 0.3) is 33.7 Å². The number of rotatable bonds is 7. The van der Waals surface area contributed by atoms with Crippen molar-refractivity contribution in [2.45, 2.75) is 39.5 Å². The van der Waals surface area contributed by atoms with Gasteiger partial charge >= 0.3 is 0 Å². The van der Waals surface area contributed by atoms with Crippen LogP contribution in [-0.2, 0) is 0 Å². The van der Waals surface area contributed by atoms with Crippen LogP contribution < -0.4 is 10.2 Å². The number of phenolic OH excluding ortho intramolecular Hbond substituents is 1. The Morgan fingerprint density at radius 3 is 2.48 bits per heavy atom. The smallest absolute Gasteiger partial charge is 0.251 e. The minimum atomic E-state index is -0.115. The first-order chi connectivity index (χ1) is 21.3. The Morgan fingerprint density at radius 1 is 1.07 bits per heavy atom. The van der Waals surface area contributed by atoms with Crippen molar-refractivity contribution in [2.75, 3.05) is 24.5 Å². The first kappa shape index (κ1) is 28.9. The van der Waals surface area contributed by atoms with Gasteiger partial charge in [0.25, 0.3) is 5.91 Å². The highest BCUT2D eigenvalue weighted by atomic mass is 16.3. The standard InChI is InChI=1S/C35H34N6O3/c1-21(2)28-15-24(17-36)16-30-32(28)44-34(40-30)26-7-5-25(6-8-26)33(43)37-18-23-10-12-41(13-11-23)35-38-19-27(20-39-35)29-14-22(3)4-9-31(29)42/h4-9,14-16,19-21,23,42H,10-13,18H2,1-3H3,(H,37,43). The van der Waals surface area contributed by atoms with Crippen molar-refractivity contribution in [1.82, 2.24) is 20.3 Å². The molecular formula is C35H34N6O3. The summed E-state index contributed by atoms with van der Waals surface area (Å²) >= 11 is 0. The summed E-state index contributed by atoms with van der Waals surface area (Å²) in [7, 11) is 0. The maximum absolute atomic E-state index is 12.9. The predicted octanol–water partition coefficient (Wildman–Crippen LogP) is 6.61. The lowest BCUT2D eigenvalue weighted by atomic mass is 9.97. The minimum absolute atomic E-state index is 0.115. The molecule has 2 aromatic heterocycles. The van der Waals surface area contributed by atoms with Gasteiger partial charge in [0.05, 0.1) is 11.6 Å². The Kier molecular flexibility index (Phi) is 7.99. The van der Waals surface area contributed by atoms with E-state index >= 15 is 0 Å². The SMILES string of the molecule is Cc1ccc(O)c(-c2cnc(N3CCC(CNC(=O)c4ccc(-c5nc6cc(C#N)cc(C(C)C)c6o5)cc4)CC3)nc2)c1. The predicted molar refractivity (Wildman–Crippen MR) is 169 cm³/mol. The molecule has 44 heavy (non-hydrogen) atoms. The second-order valence-electron chi connectivity index (χ2n) is 11.7. The highest BCUT2D eigenvalue weighted by Crippen LogP contribution is 2.32. The number of hydrogen-bond acceptors (Lipinski definition) is 8. The van der Waals surface area contributed by atoms with E-state index in [4.69, 9.17) is 4.42 Å². The quantitative estimate of drug-likeness (QED) is 0.218. The van der Waals surface area contributed by atoms with Crippen LogP contribution in [0.3, 0.4) is 0 Å². The number of nitriles is 1. The third kappa shape index (κ3) is 5.97. The highest BCUT2D eigenvalue weighted by Gasteiger charge is 2.22. The molecule has 1 aliphatic heterocycles. The molecule has 0 atom stereocenters. The molecule has 9 nitrogen and oxygen atoms in total. The zero-order chi connectivity index (χ0) is 30.8. The van der Waals surface area contributed by atoms with Crippen molar-refractivity contribution in [3.8, 4) is 34.4 Å². The van der Waals surface area contributed by atoms with E-state index in [9.17, 15) is 15.2 Å². The number of benzene rings is 3. The average molecular weight is 587 g/mol. The van der Waals surface area contributed by atoms with Gasteiger partial charge in [-0.15, -0.1) is 0 Å². The van der Waals surface area contributed by atoms with Crippen LogP contribution in [0, 0.1) is 24.2 Å². The Balaban J connectivity index is 1.03. The largest absolute Gasteiger partial charge is 0.507 e. The van der Waals surface area contributed by atoms with Crippen molar-refractivity contribution in [2.24, 2.45) is 5.92 Å². The molecule has 0 aliphatic carbocycles. The highest BCUT2D eigenvalue weighted by molar-refractivity contribution is 5.94. The molecule has 9 heteroatoms. The molecule has 222 valence electrons. The van der Waals surface area contributed by atoms with E-state index in [1.807, 2.05) is 37.3 Å². The number of hydrogen-bond donors (Lipinski definition) is 2. The number of carbonyl (C=O) groups excluding carboxylic acids is 1. The van der Waals surface area contributed by atoms with Crippen LogP contribution >= 0.6 is 0 Å². The molecule has 3 aromatic carbocycles. The molecule has 0 spiro atoms. The number of phenols is 1. The molecule has 1 amide bonds. The van der Waals surface area contributed by atoms with Crippen LogP contribution in [0.1, 0.15) is 59.7 Å². The number of nitrogens with zero attached hydrogens (tertiary/aromatic N) is 5. The van der Waals surface area contributed by atoms with E-state index < -0.39 is 0 Å². The van der Waals surface area contributed by atoms with Crippen molar-refractivity contribution in [3.63, 3.8) is 0 Å². The van der Waals surface area contributed by atoms with Gasteiger partial charge in [-0.2, -0.15) is 5.26 Å². The van der Waals surface area contributed by atoms with E-state index in [0.29, 0.717) is 46.5 Å². The number of fused-ring (bicyclic) bond motifs is 1. The van der Waals surface area contributed by atoms with Gasteiger partial charge in [0.2, 0.25) is 11.8 Å². The number of piperidine rings is 1. The summed E-state index contributed by atoms with van der Waals surface area (Å²) in [6, 6.07) is 18.5. The number of aromatic hydroxyl groups is 1. The maximum atomic E-state index is 12.9. The molecule has 1 saturated heterocycles. The van der Waals surface area contributed by atoms with Crippen molar-refractivity contribution < 1.29 is 14.3 Å². The van der Waals surface area contributed by atoms with Crippen molar-refractivity contribution >= 4 is 23.0 Å². The molecule has 3 heterocycles. The lowest BCUT2D eigenvalue weighted by molar-refractivity contribution is 0.0945. The second-order valence-corrected chi connectivity index (χ2v) is 11.7. The van der Waals surface area contributed by atoms with E-state index in [-0.39, 0.29) is 17.6 Å². The first-order valence-electron chi connectivity index (χ1n) is 14.9. The minimum Gasteiger partial charge on any atom is -0.507 e. The molecule has 1 aliphatic rings. The fourth-order valence-electron chi connectivity index (χ4n) is 5.62. The molecule has 2 N–H and O–H groups in total. The average Bonchev–Trinajstić information content (AvgIpc) is 3.49. The normalized spacial score (nSPS) is 13.8. The summed E-state index contributed by atoms with van der Waals surface area (Å²) in [5.74, 6) is 1.79. The number of aryl methyl sites for hydroxylation is 1. The van der Waals surface area contributed by atoms with E-state index in [1.165, 1.54) is 0 Å². The number of anilines is 1. The Bertz CT molecular complexity index is 1850. The number of nitrogens with one attached hydrogen (secondary N) is 1. The van der Waals surface area contributed by atoms with Gasteiger partial charge in [-0.05, 0) is 80.1 Å². The van der Waals surface area contributed by atoms with Crippen LogP contribution in [0.2, 0.25) is 0 Å². The summed E-state index contributed by atoms with van der Waals surface area (Å²) in [6.07, 6.45) is 5.36. The number of aromatic nitrogens is 3. The van der Waals surface area contributed by atoms with Gasteiger partial charge < -0.3 is 19.7 Å². The zero-order valence-corrected chi connectivity index (χ0v) is 25.0. The number of carbonyl (C=O) groups is 1. The molecule has 5 aromatic rings. The Morgan fingerprint density at radius 2 is 1.80 bits per heavy atom. The fraction of sp³-hybridized carbons (Fsp3) is 0.286. The molecule has 0 saturated carbocycles. The molecular weight excluding hydrogens is 552 g/mol. The molecule has 0 radical (unpaired) electrons. The summed E-state index contributed by atoms with van der Waals surface area (Å²) in [6.45, 7) is 8.32. The number of oxazole rings is 1. The van der Waals surface area contributed by atoms with Gasteiger partial charge in [0.15, 0.2) is 5.58 Å². The Hall–Kier alpha value is -5.23. The molecule has 0 unspecified atom stereocenters. The van der Waals surface area contributed by atoms with Crippen LogP contribution in [-0.4, -0.2) is 45.6 Å². The summed E-state index contributed by atoms with van der Waals surface area (Å²) < 4.78 is 6.10. The molecule has 6 rings (SSSR count). The lowest BCUT2D eigenvalue weighted by Crippen LogP contribution is -2.39. The van der Waals surface area contributed by atoms with Gasteiger partial charge in [-0.3, -0.25) is 4.79 Å². The van der Waals surface area contributed by atoms with E-state index in [2.05, 4.69) is 45.1 Å². The van der Waals surface area contributed by atoms with Crippen molar-refractivity contribution in [1.29, 1.82) is 5.26 Å². The monoisotopic (exact) mass is 586 g/mol. The molecule has 0 bridgehead atoms. The second kappa shape index (κ2) is 12.2. The maximum Gasteiger partial charge on any atom is 0.251 e. The summed E-state index contributed by atoms with van der Waals surface area (Å²) in [5, 5.41) is 22.7. The Labute approximate surface area is 256 Å². The van der Waals surface area contributed by atoms with Gasteiger partial charge in [0.1, 0.15) is 11.3 Å². The van der Waals surface area contributed by atoms with Gasteiger partial charge in [-0.25, -0.2) is 15.0 Å². The molecule has 1 fully saturated rings. The van der Waals surface area contributed by atoms with E-state index in [1.54, 1.807) is 36.7 Å². The van der Waals surface area contributed by atoms with Crippen molar-refractivity contribution in [3.05, 3.63) is 89.2 Å². The van der Waals surface area contributed by atoms with Crippen LogP contribution in [0.5, 0.6) is 5.75 Å². The van der Waals surface area contributed by atoms with Crippen LogP contribution in [0.15, 0.2) is 71.4 Å². The van der Waals surface area contributed by atoms with Gasteiger partial charge in [0, 0.05) is 59.8 Å². The summed E-state index contributed by atoms with van der Waals surface area (Å²) in [4.78, 5) is 28.8. The number of amides is 1. The summed E-state index contributed by atoms with van der Waals surface area (Å²) in [5.41, 5.74) is 6.76. The third-order valence-electron chi connectivity index (χ3n) is 8.21. The first-order valence-corrected chi connectivity index (χ1v) is 14.9. The topological polar surface area (TPSA) is 128 Å². The van der Waals surface area contributed by atoms with E-state index in [0.717, 1.165) is 53.7 Å². The van der Waals surface area contributed by atoms with Gasteiger partial charge in [-0.1, -0.05) is 25.5 Å². The lowest BCUT2D eigenvalue weighted by Gasteiger charge is -2.32. The zero-order valence-electron chi connectivity index (χ0n) is 25.0. The van der Waals surface area contributed by atoms with Crippen LogP contribution in [0.4, 0.5) is 5.95 Å². The fourth-order valence-corrected chi connectivity index (χ4v) is 5.62. The third-order valence-corrected chi connectivity index (χ3v) is 8.21.